The van der Waals surface area contributed by atoms with Gasteiger partial charge < -0.3 is 4.52 Å². The van der Waals surface area contributed by atoms with E-state index in [0.717, 1.165) is 0 Å². The summed E-state index contributed by atoms with van der Waals surface area (Å²) in [5.74, 6) is -0.0927. The first-order valence-corrected chi connectivity index (χ1v) is 6.34. The Morgan fingerprint density at radius 2 is 1.86 bits per heavy atom. The summed E-state index contributed by atoms with van der Waals surface area (Å²) in [6.07, 6.45) is 1.43. The molecule has 0 unspecified atom stereocenters. The molecule has 2 aromatic carbocycles. The van der Waals surface area contributed by atoms with Gasteiger partial charge in [-0.25, -0.2) is 0 Å². The molecule has 0 aliphatic carbocycles. The van der Waals surface area contributed by atoms with Crippen LogP contribution < -0.4 is 0 Å². The number of nitriles is 1. The monoisotopic (exact) mass is 274 g/mol. The Hall–Kier alpha value is -3.19. The van der Waals surface area contributed by atoms with Crippen LogP contribution in [0.3, 0.4) is 0 Å². The minimum absolute atomic E-state index is 0.0927. The quantitative estimate of drug-likeness (QED) is 0.686. The summed E-state index contributed by atoms with van der Waals surface area (Å²) in [7, 11) is 0. The van der Waals surface area contributed by atoms with E-state index < -0.39 is 0 Å². The summed E-state index contributed by atoms with van der Waals surface area (Å²) in [5.41, 5.74) is 2.70. The third-order valence-electron chi connectivity index (χ3n) is 3.15. The minimum atomic E-state index is -0.0927. The van der Waals surface area contributed by atoms with Crippen molar-refractivity contribution in [1.29, 1.82) is 5.26 Å². The minimum Gasteiger partial charge on any atom is -0.364 e. The van der Waals surface area contributed by atoms with E-state index in [-0.39, 0.29) is 5.78 Å². The summed E-state index contributed by atoms with van der Waals surface area (Å²) < 4.78 is 4.81. The van der Waals surface area contributed by atoms with Crippen LogP contribution >= 0.6 is 0 Å². The lowest BCUT2D eigenvalue weighted by Crippen LogP contribution is -2.02. The van der Waals surface area contributed by atoms with Gasteiger partial charge in [0.15, 0.2) is 5.78 Å². The lowest BCUT2D eigenvalue weighted by Gasteiger charge is -2.05. The Balaban J connectivity index is 2.08. The molecule has 0 spiro atoms. The number of carbonyl (C=O) groups is 1. The van der Waals surface area contributed by atoms with E-state index in [1.165, 1.54) is 6.26 Å². The van der Waals surface area contributed by atoms with E-state index in [0.29, 0.717) is 27.9 Å². The standard InChI is InChI=1S/C17H10N2O2/c18-11-14-7-6-13(10-15(14)16-8-9-21-19-16)17(20)12-4-2-1-3-5-12/h1-10H. The highest BCUT2D eigenvalue weighted by molar-refractivity contribution is 6.09. The topological polar surface area (TPSA) is 66.9 Å². The molecule has 0 saturated carbocycles. The molecule has 0 bridgehead atoms. The van der Waals surface area contributed by atoms with Crippen LogP contribution in [0.25, 0.3) is 11.3 Å². The van der Waals surface area contributed by atoms with Crippen LogP contribution in [0.4, 0.5) is 0 Å². The zero-order valence-electron chi connectivity index (χ0n) is 11.0. The highest BCUT2D eigenvalue weighted by atomic mass is 16.5. The Bertz CT molecular complexity index is 816. The molecule has 4 heteroatoms. The van der Waals surface area contributed by atoms with E-state index in [4.69, 9.17) is 4.52 Å². The highest BCUT2D eigenvalue weighted by Gasteiger charge is 2.14. The van der Waals surface area contributed by atoms with Crippen LogP contribution in [-0.2, 0) is 0 Å². The predicted octanol–water partition coefficient (Wildman–Crippen LogP) is 3.44. The van der Waals surface area contributed by atoms with Crippen LogP contribution in [-0.4, -0.2) is 10.9 Å². The number of carbonyl (C=O) groups excluding carboxylic acids is 1. The Labute approximate surface area is 121 Å². The van der Waals surface area contributed by atoms with Gasteiger partial charge in [-0.1, -0.05) is 35.5 Å². The summed E-state index contributed by atoms with van der Waals surface area (Å²) in [6.45, 7) is 0. The first-order valence-electron chi connectivity index (χ1n) is 6.34. The van der Waals surface area contributed by atoms with E-state index in [2.05, 4.69) is 11.2 Å². The van der Waals surface area contributed by atoms with Gasteiger partial charge in [0.2, 0.25) is 0 Å². The van der Waals surface area contributed by atoms with Gasteiger partial charge >= 0.3 is 0 Å². The van der Waals surface area contributed by atoms with Crippen LogP contribution in [0, 0.1) is 11.3 Å². The van der Waals surface area contributed by atoms with Crippen LogP contribution in [0.2, 0.25) is 0 Å². The van der Waals surface area contributed by atoms with Crippen molar-refractivity contribution in [3.05, 3.63) is 77.6 Å². The third kappa shape index (κ3) is 2.45. The average molecular weight is 274 g/mol. The van der Waals surface area contributed by atoms with Crippen molar-refractivity contribution in [3.63, 3.8) is 0 Å². The van der Waals surface area contributed by atoms with Crippen molar-refractivity contribution >= 4 is 5.78 Å². The molecule has 0 radical (unpaired) electrons. The van der Waals surface area contributed by atoms with Gasteiger partial charge in [0.25, 0.3) is 0 Å². The fourth-order valence-corrected chi connectivity index (χ4v) is 2.10. The zero-order chi connectivity index (χ0) is 14.7. The molecule has 21 heavy (non-hydrogen) atoms. The molecule has 1 heterocycles. The van der Waals surface area contributed by atoms with Crippen molar-refractivity contribution in [3.8, 4) is 17.3 Å². The van der Waals surface area contributed by atoms with Gasteiger partial charge in [-0.15, -0.1) is 0 Å². The number of hydrogen-bond acceptors (Lipinski definition) is 4. The summed E-state index contributed by atoms with van der Waals surface area (Å²) in [4.78, 5) is 12.4. The smallest absolute Gasteiger partial charge is 0.193 e. The lowest BCUT2D eigenvalue weighted by molar-refractivity contribution is 0.103. The Morgan fingerprint density at radius 3 is 2.52 bits per heavy atom. The number of hydrogen-bond donors (Lipinski definition) is 0. The van der Waals surface area contributed by atoms with E-state index >= 15 is 0 Å². The molecule has 0 atom stereocenters. The second kappa shape index (κ2) is 5.43. The first kappa shape index (κ1) is 12.8. The normalized spacial score (nSPS) is 10.0. The summed E-state index contributed by atoms with van der Waals surface area (Å²) >= 11 is 0. The van der Waals surface area contributed by atoms with Crippen molar-refractivity contribution in [2.75, 3.05) is 0 Å². The molecule has 3 rings (SSSR count). The van der Waals surface area contributed by atoms with E-state index in [1.807, 2.05) is 18.2 Å². The number of nitrogens with zero attached hydrogens (tertiary/aromatic N) is 2. The van der Waals surface area contributed by atoms with Crippen molar-refractivity contribution in [2.24, 2.45) is 0 Å². The molecule has 0 amide bonds. The number of benzene rings is 2. The van der Waals surface area contributed by atoms with Crippen molar-refractivity contribution < 1.29 is 9.32 Å². The molecule has 100 valence electrons. The molecule has 0 saturated heterocycles. The molecule has 0 N–H and O–H groups in total. The fraction of sp³-hybridized carbons (Fsp3) is 0. The van der Waals surface area contributed by atoms with Crippen LogP contribution in [0.5, 0.6) is 0 Å². The lowest BCUT2D eigenvalue weighted by atomic mass is 9.97. The highest BCUT2D eigenvalue weighted by Crippen LogP contribution is 2.24. The Morgan fingerprint density at radius 1 is 1.05 bits per heavy atom. The van der Waals surface area contributed by atoms with Crippen LogP contribution in [0.15, 0.2) is 65.4 Å². The molecular formula is C17H10N2O2. The zero-order valence-corrected chi connectivity index (χ0v) is 11.0. The summed E-state index contributed by atoms with van der Waals surface area (Å²) in [5, 5.41) is 13.0. The van der Waals surface area contributed by atoms with Crippen molar-refractivity contribution in [1.82, 2.24) is 5.16 Å². The molecule has 0 aliphatic heterocycles. The maximum absolute atomic E-state index is 12.4. The SMILES string of the molecule is N#Cc1ccc(C(=O)c2ccccc2)cc1-c1ccon1. The summed E-state index contributed by atoms with van der Waals surface area (Å²) in [6, 6.07) is 17.7. The van der Waals surface area contributed by atoms with Crippen molar-refractivity contribution in [2.45, 2.75) is 0 Å². The van der Waals surface area contributed by atoms with Gasteiger partial charge in [0, 0.05) is 22.8 Å². The second-order valence-electron chi connectivity index (χ2n) is 4.45. The molecular weight excluding hydrogens is 264 g/mol. The fourth-order valence-electron chi connectivity index (χ4n) is 2.10. The van der Waals surface area contributed by atoms with Crippen LogP contribution in [0.1, 0.15) is 21.5 Å². The molecule has 4 nitrogen and oxygen atoms in total. The molecule has 0 aliphatic rings. The second-order valence-corrected chi connectivity index (χ2v) is 4.45. The molecule has 1 aromatic heterocycles. The first-order chi connectivity index (χ1) is 10.3. The maximum Gasteiger partial charge on any atom is 0.193 e. The number of aromatic nitrogens is 1. The number of ketones is 1. The average Bonchev–Trinajstić information content (AvgIpc) is 3.08. The third-order valence-corrected chi connectivity index (χ3v) is 3.15. The van der Waals surface area contributed by atoms with Gasteiger partial charge in [0.05, 0.1) is 11.6 Å². The van der Waals surface area contributed by atoms with E-state index in [9.17, 15) is 10.1 Å². The van der Waals surface area contributed by atoms with Gasteiger partial charge in [-0.05, 0) is 18.2 Å². The van der Waals surface area contributed by atoms with Gasteiger partial charge in [0.1, 0.15) is 12.0 Å². The largest absolute Gasteiger partial charge is 0.364 e. The Kier molecular flexibility index (Phi) is 3.32. The van der Waals surface area contributed by atoms with Gasteiger partial charge in [-0.3, -0.25) is 4.79 Å². The molecule has 0 fully saturated rings. The maximum atomic E-state index is 12.4. The van der Waals surface area contributed by atoms with E-state index in [1.54, 1.807) is 36.4 Å². The predicted molar refractivity (Wildman–Crippen MR) is 76.5 cm³/mol. The number of rotatable bonds is 3. The molecule has 3 aromatic rings. The van der Waals surface area contributed by atoms with Gasteiger partial charge in [-0.2, -0.15) is 5.26 Å².